The van der Waals surface area contributed by atoms with Gasteiger partial charge in [-0.25, -0.2) is 37.1 Å². The molecule has 10 aromatic carbocycles. The molecule has 5 N–H and O–H groups in total. The minimum Gasteiger partial charge on any atom is -0.489 e. The highest BCUT2D eigenvalue weighted by molar-refractivity contribution is 6.31. The average molecular weight is 1690 g/mol. The van der Waals surface area contributed by atoms with Crippen molar-refractivity contribution in [1.82, 2.24) is 0 Å². The summed E-state index contributed by atoms with van der Waals surface area (Å²) in [5.41, 5.74) is 15.8. The van der Waals surface area contributed by atoms with Crippen molar-refractivity contribution in [3.8, 4) is 28.7 Å². The molecule has 644 valence electrons. The molecule has 5 amide bonds. The van der Waals surface area contributed by atoms with E-state index >= 15 is 0 Å². The summed E-state index contributed by atoms with van der Waals surface area (Å²) < 4.78 is 132. The Hall–Kier alpha value is -12.8. The Morgan fingerprint density at radius 1 is 0.355 bits per heavy atom. The summed E-state index contributed by atoms with van der Waals surface area (Å²) in [6, 6.07) is 51.4. The van der Waals surface area contributed by atoms with Gasteiger partial charge in [0.15, 0.2) is 0 Å². The van der Waals surface area contributed by atoms with Crippen molar-refractivity contribution >= 4 is 76.6 Å². The third-order valence-electron chi connectivity index (χ3n) is 17.5. The number of aryl methyl sites for hydroxylation is 10. The van der Waals surface area contributed by atoms with E-state index in [4.69, 9.17) is 59.0 Å². The summed E-state index contributed by atoms with van der Waals surface area (Å²) in [5.74, 6) is 3.18. The first-order chi connectivity index (χ1) is 57.6. The van der Waals surface area contributed by atoms with Crippen molar-refractivity contribution in [2.24, 2.45) is 0 Å². The van der Waals surface area contributed by atoms with Gasteiger partial charge in [0, 0.05) is 38.4 Å². The lowest BCUT2D eigenvalue weighted by Gasteiger charge is -2.16. The minimum atomic E-state index is -4.49. The van der Waals surface area contributed by atoms with Crippen LogP contribution in [0.3, 0.4) is 0 Å². The van der Waals surface area contributed by atoms with Gasteiger partial charge in [0.1, 0.15) is 67.6 Å². The molecule has 20 nitrogen and oxygen atoms in total. The van der Waals surface area contributed by atoms with Crippen LogP contribution in [0, 0.1) is 75.1 Å². The fourth-order valence-corrected chi connectivity index (χ4v) is 11.7. The van der Waals surface area contributed by atoms with E-state index in [2.05, 4.69) is 45.3 Å². The first-order valence-corrected chi connectivity index (χ1v) is 39.1. The average Bonchev–Trinajstić information content (AvgIpc) is 0.839. The number of ether oxygens (including phenoxy) is 10. The molecule has 27 heteroatoms. The molecule has 10 aromatic rings. The smallest absolute Gasteiger partial charge is 0.416 e. The minimum absolute atomic E-state index is 0.0478. The zero-order valence-electron chi connectivity index (χ0n) is 70.5. The fraction of sp³-hybridized carbons (Fsp3) is 0.287. The summed E-state index contributed by atoms with van der Waals surface area (Å²) in [6.07, 6.45) is -8.35. The van der Waals surface area contributed by atoms with Crippen LogP contribution in [-0.4, -0.2) is 63.5 Å². The Kier molecular flexibility index (Phi) is 39.2. The molecule has 0 radical (unpaired) electrons. The van der Waals surface area contributed by atoms with Crippen molar-refractivity contribution in [3.63, 3.8) is 0 Å². The number of benzene rings is 10. The number of hydrogen-bond donors (Lipinski definition) is 5. The molecular weight excluding hydrogens is 1590 g/mol. The second kappa shape index (κ2) is 48.9. The largest absolute Gasteiger partial charge is 0.489 e. The molecule has 0 spiro atoms. The fourth-order valence-electron chi connectivity index (χ4n) is 11.5. The lowest BCUT2D eigenvalue weighted by atomic mass is 10.1. The molecule has 0 fully saturated rings. The number of nitrogens with one attached hydrogen (secondary N) is 5. The van der Waals surface area contributed by atoms with Crippen molar-refractivity contribution in [2.75, 3.05) is 59.6 Å². The van der Waals surface area contributed by atoms with Gasteiger partial charge < -0.3 is 47.4 Å². The van der Waals surface area contributed by atoms with Crippen molar-refractivity contribution in [1.29, 1.82) is 0 Å². The zero-order valence-corrected chi connectivity index (χ0v) is 71.3. The monoisotopic (exact) mass is 1690 g/mol. The Morgan fingerprint density at radius 2 is 0.653 bits per heavy atom. The maximum Gasteiger partial charge on any atom is 0.416 e. The molecule has 0 unspecified atom stereocenters. The van der Waals surface area contributed by atoms with E-state index in [1.807, 2.05) is 166 Å². The van der Waals surface area contributed by atoms with Gasteiger partial charge in [-0.15, -0.1) is 0 Å². The number of hydrogen-bond acceptors (Lipinski definition) is 15. The quantitative estimate of drug-likeness (QED) is 0.0238. The summed E-state index contributed by atoms with van der Waals surface area (Å²) in [4.78, 5) is 58.1. The summed E-state index contributed by atoms with van der Waals surface area (Å²) >= 11 is 6.00. The molecular formula is C94H104ClF6N5O15. The predicted molar refractivity (Wildman–Crippen MR) is 462 cm³/mol. The summed E-state index contributed by atoms with van der Waals surface area (Å²) in [5, 5.41) is 13.5. The Bertz CT molecular complexity index is 5020. The lowest BCUT2D eigenvalue weighted by Crippen LogP contribution is -2.16. The van der Waals surface area contributed by atoms with Crippen LogP contribution in [-0.2, 0) is 62.9 Å². The summed E-state index contributed by atoms with van der Waals surface area (Å²) in [6.45, 7) is 34.1. The van der Waals surface area contributed by atoms with Crippen LogP contribution in [0.4, 0.5) is 78.8 Å². The SMILES string of the molecule is C=Cc1ccc(COc2ccc(C)cc2C)c(NC(=O)OCC)c1.CCOC(=O)Nc1cc(Cl)ccc1COc1ccc(C)cc1C.CCOC(=O)Nc1cc(F)ccc1COc1ccc(C)cc1C.CCOC(=O)Nc1ccc(C(F)(F)F)cc1COc1ccc(C)cc1C.CCOC(=O)Nc1ccc(C(F)F)cc1COc1ccc(C)cc1C. The van der Waals surface area contributed by atoms with Gasteiger partial charge in [0.05, 0.1) is 67.0 Å². The maximum absolute atomic E-state index is 13.4. The van der Waals surface area contributed by atoms with Crippen LogP contribution in [0.1, 0.15) is 141 Å². The Balaban J connectivity index is 0.000000234. The molecule has 0 aliphatic heterocycles. The molecule has 0 aliphatic carbocycles. The number of halogens is 7. The highest BCUT2D eigenvalue weighted by atomic mass is 35.5. The molecule has 10 rings (SSSR count). The third kappa shape index (κ3) is 33.1. The molecule has 0 aliphatic rings. The molecule has 0 heterocycles. The highest BCUT2D eigenvalue weighted by Crippen LogP contribution is 2.35. The molecule has 0 atom stereocenters. The number of rotatable bonds is 27. The third-order valence-corrected chi connectivity index (χ3v) is 17.7. The summed E-state index contributed by atoms with van der Waals surface area (Å²) in [7, 11) is 0. The van der Waals surface area contributed by atoms with Crippen molar-refractivity contribution in [2.45, 2.75) is 149 Å². The topological polar surface area (TPSA) is 238 Å². The normalized spacial score (nSPS) is 10.5. The van der Waals surface area contributed by atoms with Gasteiger partial charge in [-0.2, -0.15) is 13.2 Å². The zero-order chi connectivity index (χ0) is 88.9. The van der Waals surface area contributed by atoms with E-state index in [1.54, 1.807) is 65.0 Å². The number of carbonyl (C=O) groups is 5. The van der Waals surface area contributed by atoms with E-state index in [0.717, 1.165) is 90.6 Å². The van der Waals surface area contributed by atoms with E-state index in [9.17, 15) is 50.3 Å². The Morgan fingerprint density at radius 3 is 0.975 bits per heavy atom. The lowest BCUT2D eigenvalue weighted by molar-refractivity contribution is -0.137. The van der Waals surface area contributed by atoms with Gasteiger partial charge in [-0.05, 0) is 228 Å². The van der Waals surface area contributed by atoms with E-state index in [-0.39, 0.29) is 56.5 Å². The van der Waals surface area contributed by atoms with Crippen LogP contribution < -0.4 is 50.3 Å². The van der Waals surface area contributed by atoms with Crippen LogP contribution >= 0.6 is 11.6 Å². The number of anilines is 5. The standard InChI is InChI=1S/C20H23NO3.C19H20F3NO3.C19H21F2NO3.C18H20ClNO3.C18H20FNO3/c1-5-16-8-9-17(18(12-16)21-20(22)23-6-2)13-24-19-10-7-14(3)11-15(19)4;1-4-25-18(24)23-16-7-6-15(19(20,21)22)10-14(16)11-26-17-8-5-12(2)9-13(17)3;1-4-24-19(23)22-16-7-6-14(18(20)21)10-15(16)11-25-17-8-5-12(2)9-13(17)3;2*1-4-22-18(21)20-16-10-15(19)7-6-14(16)11-23-17-8-5-12(2)9-13(17)3/h5,7-12H,1,6,13H2,2-4H3,(H,21,22);5-10H,4,11H2,1-3H3,(H,23,24);5-10,18H,4,11H2,1-3H3,(H,22,23);2*5-10H,4,11H2,1-3H3,(H,20,21). The van der Waals surface area contributed by atoms with Gasteiger partial charge >= 0.3 is 36.6 Å². The number of carbonyl (C=O) groups excluding carboxylic acids is 5. The van der Waals surface area contributed by atoms with Crippen LogP contribution in [0.2, 0.25) is 5.02 Å². The van der Waals surface area contributed by atoms with Crippen molar-refractivity contribution < 1.29 is 97.7 Å². The number of amides is 5. The highest BCUT2D eigenvalue weighted by Gasteiger charge is 2.31. The van der Waals surface area contributed by atoms with Crippen LogP contribution in [0.25, 0.3) is 6.08 Å². The Labute approximate surface area is 708 Å². The number of alkyl halides is 5. The molecule has 0 aromatic heterocycles. The van der Waals surface area contributed by atoms with Gasteiger partial charge in [0.25, 0.3) is 6.43 Å². The van der Waals surface area contributed by atoms with Gasteiger partial charge in [-0.3, -0.25) is 26.6 Å². The molecule has 0 bridgehead atoms. The van der Waals surface area contributed by atoms with Crippen LogP contribution in [0.5, 0.6) is 28.7 Å². The first kappa shape index (κ1) is 97.0. The van der Waals surface area contributed by atoms with Crippen molar-refractivity contribution in [3.05, 3.63) is 300 Å². The second-order valence-electron chi connectivity index (χ2n) is 27.3. The predicted octanol–water partition coefficient (Wildman–Crippen LogP) is 25.6. The van der Waals surface area contributed by atoms with E-state index < -0.39 is 54.4 Å². The van der Waals surface area contributed by atoms with Crippen LogP contribution in [0.15, 0.2) is 189 Å². The van der Waals surface area contributed by atoms with Gasteiger partial charge in [0.2, 0.25) is 0 Å². The first-order valence-electron chi connectivity index (χ1n) is 38.7. The van der Waals surface area contributed by atoms with E-state index in [1.165, 1.54) is 47.5 Å². The van der Waals surface area contributed by atoms with E-state index in [0.29, 0.717) is 76.8 Å². The molecule has 121 heavy (non-hydrogen) atoms. The molecule has 0 saturated heterocycles. The van der Waals surface area contributed by atoms with Gasteiger partial charge in [-0.1, -0.05) is 143 Å². The second-order valence-corrected chi connectivity index (χ2v) is 27.8. The molecule has 0 saturated carbocycles. The maximum atomic E-state index is 13.4.